The summed E-state index contributed by atoms with van der Waals surface area (Å²) in [6.45, 7) is 7.78. The fraction of sp³-hybridized carbons (Fsp3) is 0.360. The molecule has 0 saturated carbocycles. The van der Waals surface area contributed by atoms with Gasteiger partial charge in [0.25, 0.3) is 5.56 Å². The fourth-order valence-corrected chi connectivity index (χ4v) is 5.74. The zero-order valence-electron chi connectivity index (χ0n) is 19.5. The van der Waals surface area contributed by atoms with E-state index in [-0.39, 0.29) is 36.3 Å². The number of hydrogen-bond acceptors (Lipinski definition) is 7. The van der Waals surface area contributed by atoms with Crippen LogP contribution in [0.5, 0.6) is 0 Å². The Balaban J connectivity index is 1.81. The number of aliphatic hydroxyl groups is 1. The first-order valence-electron chi connectivity index (χ1n) is 11.2. The van der Waals surface area contributed by atoms with Gasteiger partial charge < -0.3 is 18.8 Å². The number of carbonyl (C=O) groups is 1. The molecule has 2 aromatic heterocycles. The maximum Gasteiger partial charge on any atom is 0.343 e. The molecule has 0 spiro atoms. The largest absolute Gasteiger partial charge is 0.458 e. The van der Waals surface area contributed by atoms with E-state index in [2.05, 4.69) is 6.07 Å². The smallest absolute Gasteiger partial charge is 0.343 e. The molecule has 8 nitrogen and oxygen atoms in total. The predicted molar refractivity (Wildman–Crippen MR) is 127 cm³/mol. The molecule has 2 atom stereocenters. The van der Waals surface area contributed by atoms with E-state index in [0.717, 1.165) is 10.9 Å². The van der Waals surface area contributed by atoms with Gasteiger partial charge in [-0.05, 0) is 38.2 Å². The van der Waals surface area contributed by atoms with Gasteiger partial charge in [-0.15, -0.1) is 0 Å². The molecule has 0 fully saturated rings. The number of pyridine rings is 2. The summed E-state index contributed by atoms with van der Waals surface area (Å²) in [4.78, 5) is 30.8. The average molecular weight is 476 g/mol. The summed E-state index contributed by atoms with van der Waals surface area (Å²) in [5.41, 5.74) is 1.52. The highest BCUT2D eigenvalue weighted by Gasteiger charge is 2.45. The highest BCUT2D eigenvalue weighted by atomic mass is 28.4. The number of ether oxygens (including phenoxy) is 1. The maximum absolute atomic E-state index is 13.5. The van der Waals surface area contributed by atoms with E-state index in [1.54, 1.807) is 17.6 Å². The van der Waals surface area contributed by atoms with Crippen LogP contribution in [0.1, 0.15) is 41.7 Å². The molecule has 3 aromatic rings. The van der Waals surface area contributed by atoms with Crippen molar-refractivity contribution >= 4 is 25.2 Å². The number of carbonyl (C=O) groups excluding carboxylic acids is 1. The lowest BCUT2D eigenvalue weighted by atomic mass is 9.86. The number of cyclic esters (lactones) is 1. The summed E-state index contributed by atoms with van der Waals surface area (Å²) >= 11 is 0. The molecule has 4 heterocycles. The first-order valence-corrected chi connectivity index (χ1v) is 14.7. The molecule has 2 unspecified atom stereocenters. The van der Waals surface area contributed by atoms with E-state index < -0.39 is 26.0 Å². The van der Waals surface area contributed by atoms with Gasteiger partial charge in [0.2, 0.25) is 0 Å². The summed E-state index contributed by atoms with van der Waals surface area (Å²) in [7, 11) is -2.09. The van der Waals surface area contributed by atoms with Crippen molar-refractivity contribution in [3.8, 4) is 17.5 Å². The van der Waals surface area contributed by atoms with Crippen molar-refractivity contribution in [2.24, 2.45) is 0 Å². The van der Waals surface area contributed by atoms with E-state index in [9.17, 15) is 20.0 Å². The Labute approximate surface area is 197 Å². The van der Waals surface area contributed by atoms with Crippen molar-refractivity contribution in [3.05, 3.63) is 62.9 Å². The second kappa shape index (κ2) is 7.60. The summed E-state index contributed by atoms with van der Waals surface area (Å²) < 4.78 is 13.0. The van der Waals surface area contributed by atoms with E-state index in [4.69, 9.17) is 14.1 Å². The summed E-state index contributed by atoms with van der Waals surface area (Å²) in [6.07, 6.45) is -0.739. The van der Waals surface area contributed by atoms with Crippen molar-refractivity contribution in [3.63, 3.8) is 0 Å². The molecular weight excluding hydrogens is 450 g/mol. The van der Waals surface area contributed by atoms with Gasteiger partial charge in [0.05, 0.1) is 35.1 Å². The second-order valence-electron chi connectivity index (χ2n) is 9.71. The summed E-state index contributed by atoms with van der Waals surface area (Å²) in [5.74, 6) is -0.759. The van der Waals surface area contributed by atoms with Gasteiger partial charge in [0, 0.05) is 22.1 Å². The molecule has 2 aliphatic rings. The van der Waals surface area contributed by atoms with Crippen LogP contribution in [0.15, 0.2) is 35.1 Å². The lowest BCUT2D eigenvalue weighted by Crippen LogP contribution is -2.44. The molecule has 174 valence electrons. The monoisotopic (exact) mass is 475 g/mol. The van der Waals surface area contributed by atoms with E-state index in [1.807, 2.05) is 43.9 Å². The van der Waals surface area contributed by atoms with Crippen molar-refractivity contribution in [1.82, 2.24) is 9.55 Å². The molecule has 1 N–H and O–H groups in total. The molecule has 0 bridgehead atoms. The van der Waals surface area contributed by atoms with Gasteiger partial charge in [0.15, 0.2) is 20.0 Å². The van der Waals surface area contributed by atoms with Crippen LogP contribution in [0.3, 0.4) is 0 Å². The normalized spacial score (nSPS) is 19.7. The maximum atomic E-state index is 13.5. The van der Waals surface area contributed by atoms with Gasteiger partial charge in [0.1, 0.15) is 6.61 Å². The fourth-order valence-electron chi connectivity index (χ4n) is 4.86. The molecule has 1 aromatic carbocycles. The van der Waals surface area contributed by atoms with Crippen LogP contribution in [-0.4, -0.2) is 28.9 Å². The number of nitriles is 1. The van der Waals surface area contributed by atoms with E-state index >= 15 is 0 Å². The first-order chi connectivity index (χ1) is 16.1. The Morgan fingerprint density at radius 2 is 2.03 bits per heavy atom. The molecule has 0 amide bonds. The zero-order valence-corrected chi connectivity index (χ0v) is 20.5. The summed E-state index contributed by atoms with van der Waals surface area (Å²) in [6, 6.07) is 11.5. The minimum absolute atomic E-state index is 0.0749. The molecular formula is C25H25N3O5Si. The lowest BCUT2D eigenvalue weighted by Gasteiger charge is -2.31. The Hall–Kier alpha value is -3.32. The second-order valence-corrected chi connectivity index (χ2v) is 14.2. The third-order valence-electron chi connectivity index (χ3n) is 6.49. The molecule has 9 heteroatoms. The predicted octanol–water partition coefficient (Wildman–Crippen LogP) is 3.50. The van der Waals surface area contributed by atoms with Crippen molar-refractivity contribution in [1.29, 1.82) is 5.26 Å². The van der Waals surface area contributed by atoms with Crippen molar-refractivity contribution < 1.29 is 19.1 Å². The van der Waals surface area contributed by atoms with Gasteiger partial charge in [-0.1, -0.05) is 25.1 Å². The average Bonchev–Trinajstić information content (AvgIpc) is 3.17. The highest BCUT2D eigenvalue weighted by molar-refractivity contribution is 6.69. The van der Waals surface area contributed by atoms with Crippen molar-refractivity contribution in [2.75, 3.05) is 0 Å². The highest BCUT2D eigenvalue weighted by Crippen LogP contribution is 2.42. The van der Waals surface area contributed by atoms with Crippen LogP contribution < -0.4 is 5.56 Å². The Bertz CT molecular complexity index is 1470. The SMILES string of the molecule is CCC1(O)C(=O)OCc2c1cc1n(c2=O)Cc2c-1nc1ccccc1c2C(C#N)O[Si](C)(C)C. The van der Waals surface area contributed by atoms with Gasteiger partial charge >= 0.3 is 5.97 Å². The number of esters is 1. The number of para-hydroxylation sites is 1. The molecule has 2 aliphatic heterocycles. The number of aromatic nitrogens is 2. The molecule has 5 rings (SSSR count). The van der Waals surface area contributed by atoms with Crippen LogP contribution in [0.2, 0.25) is 19.6 Å². The number of hydrogen-bond donors (Lipinski definition) is 1. The minimum Gasteiger partial charge on any atom is -0.458 e. The third-order valence-corrected chi connectivity index (χ3v) is 7.43. The number of benzene rings is 1. The third kappa shape index (κ3) is 3.21. The number of rotatable bonds is 4. The standard InChI is InChI=1S/C25H25N3O5Si/c1-5-25(31)17-10-19-22-15(12-28(19)23(29)16(17)13-32-24(25)30)21(20(11-26)33-34(2,3)4)14-8-6-7-9-18(14)27-22/h6-10,20,31H,5,12-13H2,1-4H3. The molecule has 0 aliphatic carbocycles. The molecule has 34 heavy (non-hydrogen) atoms. The van der Waals surface area contributed by atoms with Crippen LogP contribution in [0.4, 0.5) is 0 Å². The Morgan fingerprint density at radius 1 is 1.29 bits per heavy atom. The summed E-state index contributed by atoms with van der Waals surface area (Å²) in [5, 5.41) is 22.0. The van der Waals surface area contributed by atoms with Gasteiger partial charge in [-0.2, -0.15) is 5.26 Å². The number of nitrogens with zero attached hydrogens (tertiary/aromatic N) is 3. The lowest BCUT2D eigenvalue weighted by molar-refractivity contribution is -0.172. The molecule has 0 saturated heterocycles. The topological polar surface area (TPSA) is 114 Å². The molecule has 0 radical (unpaired) electrons. The van der Waals surface area contributed by atoms with Crippen molar-refractivity contribution in [2.45, 2.75) is 57.8 Å². The van der Waals surface area contributed by atoms with E-state index in [0.29, 0.717) is 22.5 Å². The van der Waals surface area contributed by atoms with Gasteiger partial charge in [-0.25, -0.2) is 9.78 Å². The Morgan fingerprint density at radius 3 is 2.71 bits per heavy atom. The first kappa shape index (κ1) is 22.5. The quantitative estimate of drug-likeness (QED) is 0.355. The van der Waals surface area contributed by atoms with E-state index in [1.165, 1.54) is 0 Å². The van der Waals surface area contributed by atoms with Gasteiger partial charge in [-0.3, -0.25) is 4.79 Å². The zero-order chi connectivity index (χ0) is 24.4. The van der Waals surface area contributed by atoms with Crippen LogP contribution in [0.25, 0.3) is 22.3 Å². The van der Waals surface area contributed by atoms with Crippen LogP contribution >= 0.6 is 0 Å². The van der Waals surface area contributed by atoms with Crippen LogP contribution in [-0.2, 0) is 32.7 Å². The minimum atomic E-state index is -2.09. The van der Waals surface area contributed by atoms with Crippen LogP contribution in [0, 0.1) is 11.3 Å². The Kier molecular flexibility index (Phi) is 5.02. The number of fused-ring (bicyclic) bond motifs is 5.